The average Bonchev–Trinajstić information content (AvgIpc) is 2.36. The van der Waals surface area contributed by atoms with Gasteiger partial charge in [-0.05, 0) is 18.2 Å². The molecule has 5 heteroatoms. The summed E-state index contributed by atoms with van der Waals surface area (Å²) in [6, 6.07) is 5.69. The average molecular weight is 197 g/mol. The van der Waals surface area contributed by atoms with Crippen molar-refractivity contribution in [3.8, 4) is 5.75 Å². The van der Waals surface area contributed by atoms with Gasteiger partial charge in [0.25, 0.3) is 0 Å². The number of anilines is 1. The first-order valence-electron chi connectivity index (χ1n) is 3.84. The zero-order chi connectivity index (χ0) is 9.47. The smallest absolute Gasteiger partial charge is 0.193 e. The Morgan fingerprint density at radius 2 is 2.23 bits per heavy atom. The fourth-order valence-electron chi connectivity index (χ4n) is 1.24. The molecule has 0 aromatic heterocycles. The van der Waals surface area contributed by atoms with Gasteiger partial charge >= 0.3 is 0 Å². The van der Waals surface area contributed by atoms with Crippen LogP contribution in [0.4, 0.5) is 5.69 Å². The molecule has 0 saturated heterocycles. The van der Waals surface area contributed by atoms with Crippen molar-refractivity contribution in [2.75, 3.05) is 12.4 Å². The largest absolute Gasteiger partial charge is 0.497 e. The molecule has 1 aromatic carbocycles. The first-order chi connectivity index (χ1) is 6.11. The lowest BCUT2D eigenvalue weighted by atomic mass is 10.3. The quantitative estimate of drug-likeness (QED) is 0.579. The van der Waals surface area contributed by atoms with Crippen LogP contribution in [0.15, 0.2) is 23.1 Å². The Hall–Kier alpha value is -0.910. The molecule has 0 fully saturated rings. The lowest BCUT2D eigenvalue weighted by molar-refractivity contribution is 0.414. The highest BCUT2D eigenvalue weighted by atomic mass is 32.2. The molecule has 0 amide bonds. The molecule has 13 heavy (non-hydrogen) atoms. The van der Waals surface area contributed by atoms with E-state index in [-0.39, 0.29) is 0 Å². The number of ether oxygens (including phenoxy) is 1. The highest BCUT2D eigenvalue weighted by Gasteiger charge is 2.29. The van der Waals surface area contributed by atoms with Gasteiger partial charge in [-0.2, -0.15) is 0 Å². The van der Waals surface area contributed by atoms with E-state index >= 15 is 0 Å². The van der Waals surface area contributed by atoms with Gasteiger partial charge in [-0.1, -0.05) is 11.8 Å². The van der Waals surface area contributed by atoms with Gasteiger partial charge in [0.05, 0.1) is 12.8 Å². The maximum atomic E-state index is 5.71. The van der Waals surface area contributed by atoms with E-state index in [0.29, 0.717) is 0 Å². The highest BCUT2D eigenvalue weighted by molar-refractivity contribution is 8.01. The molecule has 1 aromatic rings. The third-order valence-electron chi connectivity index (χ3n) is 1.80. The van der Waals surface area contributed by atoms with Crippen molar-refractivity contribution in [2.45, 2.75) is 10.0 Å². The molecule has 70 valence electrons. The van der Waals surface area contributed by atoms with Gasteiger partial charge in [0.15, 0.2) is 5.12 Å². The van der Waals surface area contributed by atoms with Gasteiger partial charge in [0.1, 0.15) is 5.75 Å². The van der Waals surface area contributed by atoms with E-state index in [4.69, 9.17) is 16.2 Å². The van der Waals surface area contributed by atoms with Crippen molar-refractivity contribution in [1.82, 2.24) is 0 Å². The van der Waals surface area contributed by atoms with Crippen LogP contribution in [-0.4, -0.2) is 12.2 Å². The fraction of sp³-hybridized carbons (Fsp3) is 0.250. The lowest BCUT2D eigenvalue weighted by Crippen LogP contribution is -2.50. The van der Waals surface area contributed by atoms with Crippen molar-refractivity contribution in [1.29, 1.82) is 0 Å². The topological polar surface area (TPSA) is 73.3 Å². The predicted octanol–water partition coefficient (Wildman–Crippen LogP) is 0.742. The van der Waals surface area contributed by atoms with Crippen molar-refractivity contribution in [3.05, 3.63) is 18.2 Å². The van der Waals surface area contributed by atoms with Crippen LogP contribution in [-0.2, 0) is 0 Å². The summed E-state index contributed by atoms with van der Waals surface area (Å²) in [5, 5.41) is 2.09. The van der Waals surface area contributed by atoms with E-state index in [1.165, 1.54) is 11.8 Å². The third-order valence-corrected chi connectivity index (χ3v) is 2.80. The van der Waals surface area contributed by atoms with Gasteiger partial charge in [-0.3, -0.25) is 11.5 Å². The Bertz CT molecular complexity index is 340. The molecule has 0 atom stereocenters. The molecule has 1 heterocycles. The van der Waals surface area contributed by atoms with Crippen LogP contribution in [0.3, 0.4) is 0 Å². The number of hydrogen-bond donors (Lipinski definition) is 3. The first-order valence-corrected chi connectivity index (χ1v) is 4.65. The number of hydrogen-bond acceptors (Lipinski definition) is 5. The first kappa shape index (κ1) is 8.68. The van der Waals surface area contributed by atoms with E-state index in [1.807, 2.05) is 18.2 Å². The van der Waals surface area contributed by atoms with Crippen LogP contribution in [0.25, 0.3) is 0 Å². The molecule has 2 rings (SSSR count). The second kappa shape index (κ2) is 2.80. The molecule has 5 N–H and O–H groups in total. The van der Waals surface area contributed by atoms with Crippen molar-refractivity contribution in [2.24, 2.45) is 11.5 Å². The SMILES string of the molecule is COc1ccc2c(c1)SC(N)(N)N2. The summed E-state index contributed by atoms with van der Waals surface area (Å²) in [6.07, 6.45) is 0. The molecule has 0 saturated carbocycles. The summed E-state index contributed by atoms with van der Waals surface area (Å²) < 4.78 is 5.08. The van der Waals surface area contributed by atoms with Gasteiger partial charge in [0, 0.05) is 4.90 Å². The molecule has 0 spiro atoms. The number of thioether (sulfide) groups is 1. The summed E-state index contributed by atoms with van der Waals surface area (Å²) in [7, 11) is 1.63. The Balaban J connectivity index is 2.36. The standard InChI is InChI=1S/C8H11N3OS/c1-12-5-2-3-6-7(4-5)13-8(9,10)11-6/h2-4,11H,9-10H2,1H3. The minimum absolute atomic E-state index is 0.811. The number of nitrogens with two attached hydrogens (primary N) is 2. The highest BCUT2D eigenvalue weighted by Crippen LogP contribution is 2.41. The summed E-state index contributed by atoms with van der Waals surface area (Å²) in [6.45, 7) is 0. The number of benzene rings is 1. The van der Waals surface area contributed by atoms with E-state index in [2.05, 4.69) is 5.32 Å². The molecule has 0 aliphatic carbocycles. The van der Waals surface area contributed by atoms with E-state index in [0.717, 1.165) is 16.3 Å². The number of methoxy groups -OCH3 is 1. The normalized spacial score (nSPS) is 17.8. The molecular formula is C8H11N3OS. The zero-order valence-corrected chi connectivity index (χ0v) is 8.02. The van der Waals surface area contributed by atoms with Gasteiger partial charge in [-0.15, -0.1) is 0 Å². The Morgan fingerprint density at radius 1 is 1.46 bits per heavy atom. The van der Waals surface area contributed by atoms with Crippen LogP contribution >= 0.6 is 11.8 Å². The number of nitrogens with one attached hydrogen (secondary N) is 1. The Labute approximate surface area is 80.6 Å². The fourth-order valence-corrected chi connectivity index (χ4v) is 2.16. The van der Waals surface area contributed by atoms with Crippen LogP contribution < -0.4 is 21.5 Å². The third kappa shape index (κ3) is 1.58. The minimum atomic E-state index is -0.894. The van der Waals surface area contributed by atoms with Crippen LogP contribution in [0.2, 0.25) is 0 Å². The van der Waals surface area contributed by atoms with E-state index in [9.17, 15) is 0 Å². The van der Waals surface area contributed by atoms with Crippen molar-refractivity contribution < 1.29 is 4.74 Å². The molecular weight excluding hydrogens is 186 g/mol. The second-order valence-corrected chi connectivity index (χ2v) is 4.20. The summed E-state index contributed by atoms with van der Waals surface area (Å²) in [4.78, 5) is 1.02. The maximum Gasteiger partial charge on any atom is 0.193 e. The Kier molecular flexibility index (Phi) is 1.87. The van der Waals surface area contributed by atoms with Crippen LogP contribution in [0.1, 0.15) is 0 Å². The minimum Gasteiger partial charge on any atom is -0.497 e. The molecule has 0 bridgehead atoms. The molecule has 0 radical (unpaired) electrons. The second-order valence-electron chi connectivity index (χ2n) is 2.88. The molecule has 0 unspecified atom stereocenters. The summed E-state index contributed by atoms with van der Waals surface area (Å²) >= 11 is 1.39. The monoisotopic (exact) mass is 197 g/mol. The summed E-state index contributed by atoms with van der Waals surface area (Å²) in [5.74, 6) is 0.811. The maximum absolute atomic E-state index is 5.71. The van der Waals surface area contributed by atoms with E-state index < -0.39 is 5.12 Å². The zero-order valence-electron chi connectivity index (χ0n) is 7.20. The van der Waals surface area contributed by atoms with Crippen LogP contribution in [0, 0.1) is 0 Å². The molecule has 1 aliphatic rings. The number of fused-ring (bicyclic) bond motifs is 1. The van der Waals surface area contributed by atoms with Gasteiger partial charge < -0.3 is 10.1 Å². The van der Waals surface area contributed by atoms with E-state index in [1.54, 1.807) is 7.11 Å². The molecule has 4 nitrogen and oxygen atoms in total. The van der Waals surface area contributed by atoms with Gasteiger partial charge in [-0.25, -0.2) is 0 Å². The predicted molar refractivity (Wildman–Crippen MR) is 53.6 cm³/mol. The molecule has 1 aliphatic heterocycles. The van der Waals surface area contributed by atoms with Crippen molar-refractivity contribution >= 4 is 17.4 Å². The van der Waals surface area contributed by atoms with Gasteiger partial charge in [0.2, 0.25) is 0 Å². The Morgan fingerprint density at radius 3 is 2.92 bits per heavy atom. The summed E-state index contributed by atoms with van der Waals surface area (Å²) in [5.41, 5.74) is 12.4. The lowest BCUT2D eigenvalue weighted by Gasteiger charge is -2.16. The van der Waals surface area contributed by atoms with Crippen LogP contribution in [0.5, 0.6) is 5.75 Å². The number of rotatable bonds is 1. The van der Waals surface area contributed by atoms with Crippen molar-refractivity contribution in [3.63, 3.8) is 0 Å².